The van der Waals surface area contributed by atoms with Crippen LogP contribution >= 0.6 is 0 Å². The second-order valence-corrected chi connectivity index (χ2v) is 5.37. The minimum absolute atomic E-state index is 0.576. The number of aryl methyl sites for hydroxylation is 1. The van der Waals surface area contributed by atoms with E-state index in [2.05, 4.69) is 21.4 Å². The third kappa shape index (κ3) is 3.33. The van der Waals surface area contributed by atoms with Crippen LogP contribution in [0.1, 0.15) is 11.3 Å². The van der Waals surface area contributed by atoms with Gasteiger partial charge >= 0.3 is 0 Å². The highest BCUT2D eigenvalue weighted by atomic mass is 15.3. The van der Waals surface area contributed by atoms with E-state index < -0.39 is 0 Å². The lowest BCUT2D eigenvalue weighted by Crippen LogP contribution is -2.14. The van der Waals surface area contributed by atoms with Crippen molar-refractivity contribution in [3.8, 4) is 6.07 Å². The van der Waals surface area contributed by atoms with Gasteiger partial charge in [0.15, 0.2) is 0 Å². The molecule has 24 heavy (non-hydrogen) atoms. The first kappa shape index (κ1) is 15.5. The molecule has 0 aliphatic carbocycles. The van der Waals surface area contributed by atoms with Gasteiger partial charge in [0.05, 0.1) is 11.3 Å². The van der Waals surface area contributed by atoms with Crippen LogP contribution in [0.5, 0.6) is 0 Å². The number of nitrogens with one attached hydrogen (secondary N) is 1. The molecule has 0 spiro atoms. The lowest BCUT2D eigenvalue weighted by molar-refractivity contribution is 1.02. The Balaban J connectivity index is 1.94. The summed E-state index contributed by atoms with van der Waals surface area (Å²) in [5.41, 5.74) is 3.16. The summed E-state index contributed by atoms with van der Waals surface area (Å²) in [5.74, 6) is 1.25. The van der Waals surface area contributed by atoms with Gasteiger partial charge in [-0.25, -0.2) is 4.98 Å². The first-order valence-electron chi connectivity index (χ1n) is 7.58. The van der Waals surface area contributed by atoms with Crippen LogP contribution < -0.4 is 10.2 Å². The summed E-state index contributed by atoms with van der Waals surface area (Å²) >= 11 is 0. The van der Waals surface area contributed by atoms with Crippen LogP contribution in [-0.4, -0.2) is 17.0 Å². The average molecular weight is 315 g/mol. The van der Waals surface area contributed by atoms with Crippen LogP contribution in [0.3, 0.4) is 0 Å². The van der Waals surface area contributed by atoms with Gasteiger partial charge in [-0.3, -0.25) is 0 Å². The molecule has 0 fully saturated rings. The highest BCUT2D eigenvalue weighted by molar-refractivity contribution is 5.66. The first-order valence-corrected chi connectivity index (χ1v) is 7.58. The van der Waals surface area contributed by atoms with Crippen molar-refractivity contribution in [3.05, 3.63) is 71.9 Å². The Hall–Kier alpha value is -3.39. The van der Waals surface area contributed by atoms with E-state index in [0.717, 1.165) is 17.1 Å². The Labute approximate surface area is 141 Å². The smallest absolute Gasteiger partial charge is 0.231 e. The van der Waals surface area contributed by atoms with Gasteiger partial charge in [-0.2, -0.15) is 10.2 Å². The standard InChI is InChI=1S/C19H17N5/c1-14-12-18(22-17-11-7-6-8-15(17)13-20)23-19(21-14)24(2)16-9-4-3-5-10-16/h3-12H,1-2H3,(H,21,22,23). The molecule has 0 aliphatic heterocycles. The van der Waals surface area contributed by atoms with Gasteiger partial charge in [0.1, 0.15) is 11.9 Å². The van der Waals surface area contributed by atoms with E-state index in [4.69, 9.17) is 0 Å². The largest absolute Gasteiger partial charge is 0.339 e. The van der Waals surface area contributed by atoms with Crippen molar-refractivity contribution in [2.45, 2.75) is 6.92 Å². The minimum atomic E-state index is 0.576. The predicted molar refractivity (Wildman–Crippen MR) is 95.7 cm³/mol. The van der Waals surface area contributed by atoms with Crippen LogP contribution in [0.15, 0.2) is 60.7 Å². The number of benzene rings is 2. The summed E-state index contributed by atoms with van der Waals surface area (Å²) in [6.45, 7) is 1.92. The van der Waals surface area contributed by atoms with Gasteiger partial charge in [0.2, 0.25) is 5.95 Å². The van der Waals surface area contributed by atoms with Crippen molar-refractivity contribution in [3.63, 3.8) is 0 Å². The Morgan fingerprint density at radius 3 is 2.46 bits per heavy atom. The van der Waals surface area contributed by atoms with E-state index in [1.165, 1.54) is 0 Å². The summed E-state index contributed by atoms with van der Waals surface area (Å²) in [7, 11) is 1.93. The third-order valence-electron chi connectivity index (χ3n) is 3.60. The molecule has 0 saturated heterocycles. The molecule has 3 rings (SSSR count). The van der Waals surface area contributed by atoms with Crippen molar-refractivity contribution in [2.75, 3.05) is 17.3 Å². The maximum absolute atomic E-state index is 9.21. The zero-order chi connectivity index (χ0) is 16.9. The number of anilines is 4. The molecule has 1 heterocycles. The summed E-state index contributed by atoms with van der Waals surface area (Å²) in [4.78, 5) is 11.0. The zero-order valence-electron chi connectivity index (χ0n) is 13.6. The molecule has 0 unspecified atom stereocenters. The maximum Gasteiger partial charge on any atom is 0.231 e. The predicted octanol–water partition coefficient (Wildman–Crippen LogP) is 4.17. The highest BCUT2D eigenvalue weighted by Gasteiger charge is 2.10. The molecule has 5 nitrogen and oxygen atoms in total. The molecule has 2 aromatic carbocycles. The number of hydrogen-bond donors (Lipinski definition) is 1. The number of nitriles is 1. The summed E-state index contributed by atoms with van der Waals surface area (Å²) in [5, 5.41) is 12.4. The molecule has 0 atom stereocenters. The number of aromatic nitrogens is 2. The Kier molecular flexibility index (Phi) is 4.39. The molecular weight excluding hydrogens is 298 g/mol. The number of para-hydroxylation sites is 2. The van der Waals surface area contributed by atoms with E-state index in [1.807, 2.05) is 73.5 Å². The topological polar surface area (TPSA) is 64.8 Å². The first-order chi connectivity index (χ1) is 11.7. The Morgan fingerprint density at radius 2 is 1.71 bits per heavy atom. The minimum Gasteiger partial charge on any atom is -0.339 e. The van der Waals surface area contributed by atoms with Crippen molar-refractivity contribution < 1.29 is 0 Å². The second-order valence-electron chi connectivity index (χ2n) is 5.37. The number of nitrogens with zero attached hydrogens (tertiary/aromatic N) is 4. The van der Waals surface area contributed by atoms with Crippen molar-refractivity contribution in [2.24, 2.45) is 0 Å². The monoisotopic (exact) mass is 315 g/mol. The third-order valence-corrected chi connectivity index (χ3v) is 3.60. The second kappa shape index (κ2) is 6.80. The van der Waals surface area contributed by atoms with E-state index >= 15 is 0 Å². The van der Waals surface area contributed by atoms with Crippen LogP contribution in [0, 0.1) is 18.3 Å². The lowest BCUT2D eigenvalue weighted by atomic mass is 10.2. The van der Waals surface area contributed by atoms with E-state index in [1.54, 1.807) is 6.07 Å². The van der Waals surface area contributed by atoms with Gasteiger partial charge in [-0.05, 0) is 31.2 Å². The molecule has 1 N–H and O–H groups in total. The summed E-state index contributed by atoms with van der Waals surface area (Å²) in [6.07, 6.45) is 0. The molecule has 0 bridgehead atoms. The molecule has 118 valence electrons. The fourth-order valence-electron chi connectivity index (χ4n) is 2.36. The zero-order valence-corrected chi connectivity index (χ0v) is 13.6. The van der Waals surface area contributed by atoms with E-state index in [-0.39, 0.29) is 0 Å². The van der Waals surface area contributed by atoms with Gasteiger partial charge in [-0.15, -0.1) is 0 Å². The molecule has 0 aliphatic rings. The van der Waals surface area contributed by atoms with Crippen LogP contribution in [0.25, 0.3) is 0 Å². The Bertz CT molecular complexity index is 884. The number of rotatable bonds is 4. The molecule has 3 aromatic rings. The van der Waals surface area contributed by atoms with Gasteiger partial charge < -0.3 is 10.2 Å². The van der Waals surface area contributed by atoms with Crippen molar-refractivity contribution >= 4 is 23.1 Å². The van der Waals surface area contributed by atoms with Gasteiger partial charge in [0.25, 0.3) is 0 Å². The normalized spacial score (nSPS) is 10.0. The fraction of sp³-hybridized carbons (Fsp3) is 0.105. The van der Waals surface area contributed by atoms with Crippen LogP contribution in [0.4, 0.5) is 23.1 Å². The molecular formula is C19H17N5. The molecule has 0 amide bonds. The van der Waals surface area contributed by atoms with Gasteiger partial charge in [-0.1, -0.05) is 30.3 Å². The van der Waals surface area contributed by atoms with Gasteiger partial charge in [0, 0.05) is 24.5 Å². The molecule has 5 heteroatoms. The average Bonchev–Trinajstić information content (AvgIpc) is 2.62. The quantitative estimate of drug-likeness (QED) is 0.783. The SMILES string of the molecule is Cc1cc(Nc2ccccc2C#N)nc(N(C)c2ccccc2)n1. The van der Waals surface area contributed by atoms with E-state index in [0.29, 0.717) is 17.3 Å². The number of hydrogen-bond acceptors (Lipinski definition) is 5. The maximum atomic E-state index is 9.21. The van der Waals surface area contributed by atoms with Crippen LogP contribution in [-0.2, 0) is 0 Å². The molecule has 1 aromatic heterocycles. The fourth-order valence-corrected chi connectivity index (χ4v) is 2.36. The van der Waals surface area contributed by atoms with Crippen molar-refractivity contribution in [1.29, 1.82) is 5.26 Å². The Morgan fingerprint density at radius 1 is 1.00 bits per heavy atom. The summed E-state index contributed by atoms with van der Waals surface area (Å²) in [6, 6.07) is 21.3. The van der Waals surface area contributed by atoms with E-state index in [9.17, 15) is 5.26 Å². The molecule has 0 radical (unpaired) electrons. The summed E-state index contributed by atoms with van der Waals surface area (Å²) < 4.78 is 0. The van der Waals surface area contributed by atoms with Crippen LogP contribution in [0.2, 0.25) is 0 Å². The van der Waals surface area contributed by atoms with Crippen molar-refractivity contribution in [1.82, 2.24) is 9.97 Å². The molecule has 0 saturated carbocycles. The lowest BCUT2D eigenvalue weighted by Gasteiger charge is -2.18. The highest BCUT2D eigenvalue weighted by Crippen LogP contribution is 2.24.